The van der Waals surface area contributed by atoms with Gasteiger partial charge in [0.25, 0.3) is 0 Å². The molecule has 35 heavy (non-hydrogen) atoms. The van der Waals surface area contributed by atoms with Crippen molar-refractivity contribution in [3.05, 3.63) is 34.6 Å². The van der Waals surface area contributed by atoms with Crippen LogP contribution in [0.1, 0.15) is 11.4 Å². The summed E-state index contributed by atoms with van der Waals surface area (Å²) in [5.41, 5.74) is 2.28. The van der Waals surface area contributed by atoms with Gasteiger partial charge in [0.2, 0.25) is 0 Å². The Kier molecular flexibility index (Phi) is 9.84. The minimum Gasteiger partial charge on any atom is -0.497 e. The maximum atomic E-state index is 12.8. The van der Waals surface area contributed by atoms with Crippen LogP contribution in [0.3, 0.4) is 0 Å². The van der Waals surface area contributed by atoms with Crippen molar-refractivity contribution in [3.8, 4) is 17.0 Å². The highest BCUT2D eigenvalue weighted by Crippen LogP contribution is 2.33. The topological polar surface area (TPSA) is 104 Å². The van der Waals surface area contributed by atoms with E-state index in [4.69, 9.17) is 45.3 Å². The molecule has 10 nitrogen and oxygen atoms in total. The SMILES string of the molecule is COCc1nc(-c2ccc(OC)cc2Cl)c(COC)nc1NC1CN(C(=O)OC)CC1OCCF. The first-order valence-electron chi connectivity index (χ1n) is 10.9. The lowest BCUT2D eigenvalue weighted by Gasteiger charge is -2.22. The summed E-state index contributed by atoms with van der Waals surface area (Å²) < 4.78 is 39.3. The number of alkyl halides is 1. The van der Waals surface area contributed by atoms with E-state index in [0.29, 0.717) is 39.2 Å². The van der Waals surface area contributed by atoms with E-state index >= 15 is 0 Å². The number of carbonyl (C=O) groups is 1. The molecule has 1 aliphatic heterocycles. The second kappa shape index (κ2) is 12.8. The second-order valence-electron chi connectivity index (χ2n) is 7.75. The molecule has 1 aromatic carbocycles. The summed E-state index contributed by atoms with van der Waals surface area (Å²) in [6, 6.07) is 4.91. The molecule has 1 aliphatic rings. The highest BCUT2D eigenvalue weighted by atomic mass is 35.5. The van der Waals surface area contributed by atoms with Gasteiger partial charge >= 0.3 is 6.09 Å². The summed E-state index contributed by atoms with van der Waals surface area (Å²) in [6.45, 7) is 0.148. The van der Waals surface area contributed by atoms with Crippen molar-refractivity contribution in [1.82, 2.24) is 14.9 Å². The maximum absolute atomic E-state index is 12.8. The van der Waals surface area contributed by atoms with Crippen LogP contribution in [0.25, 0.3) is 11.3 Å². The third-order valence-electron chi connectivity index (χ3n) is 5.46. The Labute approximate surface area is 208 Å². The Balaban J connectivity index is 1.99. The Morgan fingerprint density at radius 2 is 1.89 bits per heavy atom. The summed E-state index contributed by atoms with van der Waals surface area (Å²) >= 11 is 6.52. The molecule has 3 rings (SSSR count). The Morgan fingerprint density at radius 1 is 1.14 bits per heavy atom. The fourth-order valence-electron chi connectivity index (χ4n) is 3.86. The van der Waals surface area contributed by atoms with Crippen LogP contribution in [0.5, 0.6) is 5.75 Å². The average molecular weight is 513 g/mol. The predicted octanol–water partition coefficient (Wildman–Crippen LogP) is 3.32. The lowest BCUT2D eigenvalue weighted by atomic mass is 10.1. The summed E-state index contributed by atoms with van der Waals surface area (Å²) in [5.74, 6) is 1.06. The van der Waals surface area contributed by atoms with Crippen molar-refractivity contribution in [2.75, 3.05) is 60.1 Å². The summed E-state index contributed by atoms with van der Waals surface area (Å²) in [4.78, 5) is 23.2. The van der Waals surface area contributed by atoms with E-state index < -0.39 is 18.9 Å². The largest absolute Gasteiger partial charge is 0.497 e. The number of amides is 1. The summed E-state index contributed by atoms with van der Waals surface area (Å²) in [5, 5.41) is 3.76. The van der Waals surface area contributed by atoms with Gasteiger partial charge in [-0.25, -0.2) is 19.2 Å². The average Bonchev–Trinajstić information content (AvgIpc) is 3.26. The lowest BCUT2D eigenvalue weighted by molar-refractivity contribution is 0.0443. The van der Waals surface area contributed by atoms with Gasteiger partial charge in [-0.05, 0) is 18.2 Å². The highest BCUT2D eigenvalue weighted by Gasteiger charge is 2.37. The number of aromatic nitrogens is 2. The lowest BCUT2D eigenvalue weighted by Crippen LogP contribution is -2.36. The van der Waals surface area contributed by atoms with Crippen molar-refractivity contribution in [2.24, 2.45) is 0 Å². The molecule has 1 amide bonds. The molecule has 2 atom stereocenters. The molecule has 0 spiro atoms. The van der Waals surface area contributed by atoms with Crippen molar-refractivity contribution >= 4 is 23.5 Å². The predicted molar refractivity (Wildman–Crippen MR) is 128 cm³/mol. The minimum absolute atomic E-state index is 0.0850. The van der Waals surface area contributed by atoms with E-state index in [1.807, 2.05) is 0 Å². The van der Waals surface area contributed by atoms with Gasteiger partial charge in [-0.15, -0.1) is 0 Å². The number of rotatable bonds is 11. The van der Waals surface area contributed by atoms with Crippen LogP contribution >= 0.6 is 11.6 Å². The Morgan fingerprint density at radius 3 is 2.51 bits per heavy atom. The van der Waals surface area contributed by atoms with Gasteiger partial charge in [-0.2, -0.15) is 0 Å². The molecule has 2 unspecified atom stereocenters. The monoisotopic (exact) mass is 512 g/mol. The normalized spacial score (nSPS) is 17.5. The molecule has 0 radical (unpaired) electrons. The standard InChI is InChI=1S/C23H30ClFN4O6/c1-31-12-18-21(15-6-5-14(33-3)9-16(15)24)26-19(13-32-2)22(28-18)27-17-10-29(23(30)34-4)11-20(17)35-8-7-25/h5-6,9,17,20H,7-8,10-13H2,1-4H3,(H,27,28). The number of halogens is 2. The third-order valence-corrected chi connectivity index (χ3v) is 5.78. The molecule has 1 N–H and O–H groups in total. The van der Waals surface area contributed by atoms with Gasteiger partial charge in [0.05, 0.1) is 69.1 Å². The fraction of sp³-hybridized carbons (Fsp3) is 0.522. The highest BCUT2D eigenvalue weighted by molar-refractivity contribution is 6.33. The molecule has 12 heteroatoms. The number of methoxy groups -OCH3 is 4. The molecule has 2 aromatic rings. The smallest absolute Gasteiger partial charge is 0.409 e. The van der Waals surface area contributed by atoms with Crippen LogP contribution in [0.2, 0.25) is 5.02 Å². The third kappa shape index (κ3) is 6.49. The number of ether oxygens (including phenoxy) is 5. The van der Waals surface area contributed by atoms with Gasteiger partial charge in [0.15, 0.2) is 5.82 Å². The second-order valence-corrected chi connectivity index (χ2v) is 8.16. The minimum atomic E-state index is -0.633. The molecule has 2 heterocycles. The molecule has 1 aromatic heterocycles. The van der Waals surface area contributed by atoms with Crippen molar-refractivity contribution in [2.45, 2.75) is 25.4 Å². The molecule has 0 saturated carbocycles. The summed E-state index contributed by atoms with van der Waals surface area (Å²) in [7, 11) is 5.98. The van der Waals surface area contributed by atoms with Crippen LogP contribution in [0.4, 0.5) is 15.0 Å². The van der Waals surface area contributed by atoms with E-state index in [1.165, 1.54) is 12.0 Å². The number of carbonyl (C=O) groups excluding carboxylic acids is 1. The Hall–Kier alpha value is -2.73. The molecular weight excluding hydrogens is 483 g/mol. The molecule has 192 valence electrons. The molecule has 0 aliphatic carbocycles. The van der Waals surface area contributed by atoms with Crippen LogP contribution in [0.15, 0.2) is 18.2 Å². The zero-order valence-electron chi connectivity index (χ0n) is 20.2. The molecule has 0 bridgehead atoms. The number of likely N-dealkylation sites (tertiary alicyclic amines) is 1. The van der Waals surface area contributed by atoms with Gasteiger partial charge in [-0.1, -0.05) is 11.6 Å². The van der Waals surface area contributed by atoms with Crippen molar-refractivity contribution in [1.29, 1.82) is 0 Å². The van der Waals surface area contributed by atoms with Crippen molar-refractivity contribution < 1.29 is 32.9 Å². The van der Waals surface area contributed by atoms with E-state index in [1.54, 1.807) is 39.5 Å². The van der Waals surface area contributed by atoms with E-state index in [9.17, 15) is 9.18 Å². The molecule has 1 saturated heterocycles. The molecular formula is C23H30ClFN4O6. The first-order valence-corrected chi connectivity index (χ1v) is 11.3. The van der Waals surface area contributed by atoms with Crippen molar-refractivity contribution in [3.63, 3.8) is 0 Å². The van der Waals surface area contributed by atoms with E-state index in [-0.39, 0.29) is 39.0 Å². The number of hydrogen-bond donors (Lipinski definition) is 1. The van der Waals surface area contributed by atoms with Crippen LogP contribution in [-0.4, -0.2) is 87.9 Å². The van der Waals surface area contributed by atoms with Gasteiger partial charge < -0.3 is 33.9 Å². The number of nitrogens with zero attached hydrogens (tertiary/aromatic N) is 3. The van der Waals surface area contributed by atoms with Crippen LogP contribution in [0, 0.1) is 0 Å². The first kappa shape index (κ1) is 26.9. The number of benzene rings is 1. The van der Waals surface area contributed by atoms with Gasteiger partial charge in [0.1, 0.15) is 18.1 Å². The fourth-order valence-corrected chi connectivity index (χ4v) is 4.12. The van der Waals surface area contributed by atoms with Gasteiger partial charge in [0, 0.05) is 26.3 Å². The maximum Gasteiger partial charge on any atom is 0.409 e. The number of anilines is 1. The van der Waals surface area contributed by atoms with Gasteiger partial charge in [-0.3, -0.25) is 0 Å². The Bertz CT molecular complexity index is 1010. The van der Waals surface area contributed by atoms with E-state index in [0.717, 1.165) is 0 Å². The zero-order valence-corrected chi connectivity index (χ0v) is 20.9. The first-order chi connectivity index (χ1) is 16.9. The summed E-state index contributed by atoms with van der Waals surface area (Å²) in [6.07, 6.45) is -0.959. The number of hydrogen-bond acceptors (Lipinski definition) is 9. The zero-order chi connectivity index (χ0) is 25.4. The van der Waals surface area contributed by atoms with Crippen LogP contribution < -0.4 is 10.1 Å². The van der Waals surface area contributed by atoms with E-state index in [2.05, 4.69) is 5.32 Å². The quantitative estimate of drug-likeness (QED) is 0.485. The number of nitrogens with one attached hydrogen (secondary N) is 1. The van der Waals surface area contributed by atoms with Crippen LogP contribution in [-0.2, 0) is 32.2 Å². The molecule has 1 fully saturated rings.